The fourth-order valence-electron chi connectivity index (χ4n) is 8.94. The molecule has 11 heteroatoms. The van der Waals surface area contributed by atoms with E-state index in [2.05, 4.69) is 61.6 Å². The Morgan fingerprint density at radius 1 is 0.959 bits per heavy atom. The van der Waals surface area contributed by atoms with Crippen LogP contribution in [0.3, 0.4) is 0 Å². The zero-order chi connectivity index (χ0) is 33.3. The molecule has 1 N–H and O–H groups in total. The largest absolute Gasteiger partial charge is 0.378 e. The van der Waals surface area contributed by atoms with Crippen molar-refractivity contribution in [2.24, 2.45) is 0 Å². The van der Waals surface area contributed by atoms with E-state index >= 15 is 0 Å². The third kappa shape index (κ3) is 5.15. The van der Waals surface area contributed by atoms with Crippen LogP contribution in [0.15, 0.2) is 49.1 Å². The molecule has 1 spiro atoms. The predicted octanol–water partition coefficient (Wildman–Crippen LogP) is 6.05. The van der Waals surface area contributed by atoms with Crippen LogP contribution in [-0.4, -0.2) is 92.7 Å². The molecule has 0 atom stereocenters. The molecule has 49 heavy (non-hydrogen) atoms. The number of ether oxygens (including phenoxy) is 1. The standard InChI is InChI=1S/C38H45FN8O2/c1-24(2)46-23-41-33-19-32(43-36(35(33)46)42-31-8-11-40-20-30(31)39)25-6-7-29-34(16-25)47(27-17-26(18-27)44-12-4-3-5-13-44)37(48)38(29)9-14-45(15-10-38)28-21-49-22-28/h6-8,11,16,19-20,23-24,26-28H,3-5,9-10,12-15,17-18,21-22H2,1-2H3,(H,40,42,43)/t26-,27+. The van der Waals surface area contributed by atoms with Crippen molar-refractivity contribution in [3.8, 4) is 11.3 Å². The summed E-state index contributed by atoms with van der Waals surface area (Å²) in [7, 11) is 0. The van der Waals surface area contributed by atoms with E-state index in [-0.39, 0.29) is 18.0 Å². The molecule has 7 heterocycles. The van der Waals surface area contributed by atoms with Crippen LogP contribution >= 0.6 is 0 Å². The summed E-state index contributed by atoms with van der Waals surface area (Å²) in [5, 5.41) is 3.25. The summed E-state index contributed by atoms with van der Waals surface area (Å²) in [4.78, 5) is 35.9. The molecule has 0 unspecified atom stereocenters. The molecule has 5 aliphatic rings. The number of nitrogens with zero attached hydrogens (tertiary/aromatic N) is 7. The lowest BCUT2D eigenvalue weighted by Crippen LogP contribution is -2.59. The van der Waals surface area contributed by atoms with Crippen LogP contribution in [0.4, 0.5) is 21.6 Å². The Bertz CT molecular complexity index is 1890. The summed E-state index contributed by atoms with van der Waals surface area (Å²) < 4.78 is 22.4. The SMILES string of the molecule is CC(C)n1cnc2cc(-c3ccc4c(c3)N([C@H]3C[C@@H](N5CCCCC5)C3)C(=O)C43CCN(C4COC4)CC3)nc(Nc3ccncc3F)c21. The van der Waals surface area contributed by atoms with Crippen molar-refractivity contribution < 1.29 is 13.9 Å². The molecule has 3 aromatic heterocycles. The van der Waals surface area contributed by atoms with Gasteiger partial charge in [0.05, 0.1) is 54.1 Å². The molecule has 1 amide bonds. The predicted molar refractivity (Wildman–Crippen MR) is 188 cm³/mol. The smallest absolute Gasteiger partial charge is 0.238 e. The maximum atomic E-state index is 14.8. The zero-order valence-corrected chi connectivity index (χ0v) is 28.4. The number of rotatable bonds is 7. The second-order valence-corrected chi connectivity index (χ2v) is 15.0. The Balaban J connectivity index is 1.10. The first-order chi connectivity index (χ1) is 23.9. The fraction of sp³-hybridized carbons (Fsp3) is 0.526. The number of aromatic nitrogens is 4. The summed E-state index contributed by atoms with van der Waals surface area (Å²) in [6, 6.07) is 11.5. The van der Waals surface area contributed by atoms with Gasteiger partial charge in [0.15, 0.2) is 11.6 Å². The number of hydrogen-bond donors (Lipinski definition) is 1. The topological polar surface area (TPSA) is 91.7 Å². The van der Waals surface area contributed by atoms with Crippen molar-refractivity contribution in [3.63, 3.8) is 0 Å². The Morgan fingerprint density at radius 2 is 1.73 bits per heavy atom. The number of fused-ring (bicyclic) bond motifs is 3. The zero-order valence-electron chi connectivity index (χ0n) is 28.4. The Kier molecular flexibility index (Phi) is 7.70. The molecule has 1 saturated carbocycles. The molecule has 1 aromatic carbocycles. The highest BCUT2D eigenvalue weighted by molar-refractivity contribution is 6.09. The van der Waals surface area contributed by atoms with Crippen LogP contribution in [0.25, 0.3) is 22.3 Å². The number of pyridine rings is 2. The van der Waals surface area contributed by atoms with Gasteiger partial charge in [-0.3, -0.25) is 14.7 Å². The van der Waals surface area contributed by atoms with E-state index in [4.69, 9.17) is 14.7 Å². The minimum Gasteiger partial charge on any atom is -0.378 e. The third-order valence-corrected chi connectivity index (χ3v) is 12.0. The molecule has 256 valence electrons. The maximum Gasteiger partial charge on any atom is 0.238 e. The second-order valence-electron chi connectivity index (χ2n) is 15.0. The molecule has 0 radical (unpaired) electrons. The molecule has 0 bridgehead atoms. The van der Waals surface area contributed by atoms with Gasteiger partial charge in [-0.25, -0.2) is 14.4 Å². The number of benzene rings is 1. The monoisotopic (exact) mass is 664 g/mol. The van der Waals surface area contributed by atoms with Crippen LogP contribution in [0.2, 0.25) is 0 Å². The Morgan fingerprint density at radius 3 is 2.45 bits per heavy atom. The maximum absolute atomic E-state index is 14.8. The number of piperidine rings is 2. The summed E-state index contributed by atoms with van der Waals surface area (Å²) in [6.07, 6.45) is 12.2. The van der Waals surface area contributed by atoms with Crippen LogP contribution in [0.1, 0.15) is 70.4 Å². The first kappa shape index (κ1) is 31.1. The van der Waals surface area contributed by atoms with Crippen LogP contribution in [0, 0.1) is 5.82 Å². The van der Waals surface area contributed by atoms with Crippen molar-refractivity contribution in [1.82, 2.24) is 29.3 Å². The van der Waals surface area contributed by atoms with Gasteiger partial charge in [0.1, 0.15) is 5.52 Å². The van der Waals surface area contributed by atoms with Gasteiger partial charge in [-0.15, -0.1) is 0 Å². The number of anilines is 3. The van der Waals surface area contributed by atoms with E-state index in [1.165, 1.54) is 38.5 Å². The minimum atomic E-state index is -0.496. The van der Waals surface area contributed by atoms with Crippen molar-refractivity contribution in [2.45, 2.75) is 88.4 Å². The lowest BCUT2D eigenvalue weighted by molar-refractivity contribution is -0.128. The highest BCUT2D eigenvalue weighted by atomic mass is 19.1. The van der Waals surface area contributed by atoms with E-state index < -0.39 is 11.2 Å². The lowest BCUT2D eigenvalue weighted by atomic mass is 9.73. The van der Waals surface area contributed by atoms with Gasteiger partial charge < -0.3 is 24.4 Å². The van der Waals surface area contributed by atoms with Gasteiger partial charge in [-0.1, -0.05) is 18.6 Å². The van der Waals surface area contributed by atoms with E-state index in [0.29, 0.717) is 23.6 Å². The number of carbonyl (C=O) groups excluding carboxylic acids is 1. The first-order valence-electron chi connectivity index (χ1n) is 18.2. The van der Waals surface area contributed by atoms with Gasteiger partial charge in [0.2, 0.25) is 5.91 Å². The Labute approximate surface area is 286 Å². The van der Waals surface area contributed by atoms with Crippen LogP contribution in [-0.2, 0) is 14.9 Å². The molecule has 1 aliphatic carbocycles. The molecular formula is C38H45FN8O2. The van der Waals surface area contributed by atoms with E-state index in [9.17, 15) is 9.18 Å². The second kappa shape index (κ2) is 12.1. The third-order valence-electron chi connectivity index (χ3n) is 12.0. The van der Waals surface area contributed by atoms with Gasteiger partial charge >= 0.3 is 0 Å². The molecule has 4 fully saturated rings. The molecule has 10 nitrogen and oxygen atoms in total. The highest BCUT2D eigenvalue weighted by Gasteiger charge is 2.56. The average Bonchev–Trinajstić information content (AvgIpc) is 3.60. The highest BCUT2D eigenvalue weighted by Crippen LogP contribution is 2.52. The van der Waals surface area contributed by atoms with E-state index in [1.807, 2.05) is 12.4 Å². The summed E-state index contributed by atoms with van der Waals surface area (Å²) in [6.45, 7) is 9.95. The van der Waals surface area contributed by atoms with E-state index in [0.717, 1.165) is 85.5 Å². The van der Waals surface area contributed by atoms with Crippen LogP contribution < -0.4 is 10.2 Å². The summed E-state index contributed by atoms with van der Waals surface area (Å²) >= 11 is 0. The van der Waals surface area contributed by atoms with Crippen molar-refractivity contribution in [2.75, 3.05) is 49.6 Å². The normalized spacial score (nSPS) is 24.4. The summed E-state index contributed by atoms with van der Waals surface area (Å²) in [5.41, 5.74) is 5.24. The Hall–Kier alpha value is -3.93. The summed E-state index contributed by atoms with van der Waals surface area (Å²) in [5.74, 6) is 0.361. The molecule has 4 aliphatic heterocycles. The molecule has 9 rings (SSSR count). The number of carbonyl (C=O) groups is 1. The van der Waals surface area contributed by atoms with Gasteiger partial charge in [0, 0.05) is 35.6 Å². The quantitative estimate of drug-likeness (QED) is 0.255. The fourth-order valence-corrected chi connectivity index (χ4v) is 8.94. The van der Waals surface area contributed by atoms with Gasteiger partial charge in [-0.05, 0) is 102 Å². The molecular weight excluding hydrogens is 619 g/mol. The first-order valence-corrected chi connectivity index (χ1v) is 18.2. The van der Waals surface area contributed by atoms with Crippen molar-refractivity contribution >= 4 is 34.1 Å². The number of nitrogens with one attached hydrogen (secondary N) is 1. The van der Waals surface area contributed by atoms with E-state index in [1.54, 1.807) is 12.3 Å². The van der Waals surface area contributed by atoms with Crippen molar-refractivity contribution in [1.29, 1.82) is 0 Å². The lowest BCUT2D eigenvalue weighted by Gasteiger charge is -2.48. The number of halogens is 1. The van der Waals surface area contributed by atoms with Crippen molar-refractivity contribution in [3.05, 3.63) is 60.4 Å². The number of amides is 1. The van der Waals surface area contributed by atoms with Crippen LogP contribution in [0.5, 0.6) is 0 Å². The molecule has 3 saturated heterocycles. The number of hydrogen-bond acceptors (Lipinski definition) is 8. The molecule has 4 aromatic rings. The number of likely N-dealkylation sites (tertiary alicyclic amines) is 2. The average molecular weight is 665 g/mol. The minimum absolute atomic E-state index is 0.135. The van der Waals surface area contributed by atoms with Gasteiger partial charge in [-0.2, -0.15) is 0 Å². The number of imidazole rings is 1. The van der Waals surface area contributed by atoms with Gasteiger partial charge in [0.25, 0.3) is 0 Å².